The average Bonchev–Trinajstić information content (AvgIpc) is 2.28. The quantitative estimate of drug-likeness (QED) is 0.820. The van der Waals surface area contributed by atoms with Gasteiger partial charge in [-0.15, -0.1) is 0 Å². The molecule has 4 heteroatoms. The molecule has 1 rings (SSSR count). The van der Waals surface area contributed by atoms with E-state index < -0.39 is 0 Å². The van der Waals surface area contributed by atoms with Gasteiger partial charge in [-0.1, -0.05) is 18.5 Å². The number of nitrogens with zero attached hydrogens (tertiary/aromatic N) is 1. The lowest BCUT2D eigenvalue weighted by Gasteiger charge is -2.30. The van der Waals surface area contributed by atoms with Crippen molar-refractivity contribution in [3.63, 3.8) is 0 Å². The van der Waals surface area contributed by atoms with Gasteiger partial charge in [-0.05, 0) is 30.9 Å². The highest BCUT2D eigenvalue weighted by atomic mass is 35.5. The van der Waals surface area contributed by atoms with Gasteiger partial charge in [0.05, 0.1) is 11.4 Å². The Bertz CT molecular complexity index is 344. The molecule has 0 saturated carbocycles. The van der Waals surface area contributed by atoms with Crippen LogP contribution in [0.3, 0.4) is 0 Å². The van der Waals surface area contributed by atoms with Gasteiger partial charge in [0.25, 0.3) is 0 Å². The summed E-state index contributed by atoms with van der Waals surface area (Å²) in [6.45, 7) is 2.19. The number of benzene rings is 1. The van der Waals surface area contributed by atoms with E-state index in [0.717, 1.165) is 28.6 Å². The Morgan fingerprint density at radius 3 is 2.75 bits per heavy atom. The second kappa shape index (κ2) is 6.26. The number of hydrogen-bond acceptors (Lipinski definition) is 3. The van der Waals surface area contributed by atoms with Gasteiger partial charge in [0.15, 0.2) is 0 Å². The second-order valence-electron chi connectivity index (χ2n) is 3.83. The number of nitrogen functional groups attached to an aromatic ring is 1. The summed E-state index contributed by atoms with van der Waals surface area (Å²) >= 11 is 7.85. The molecule has 1 atom stereocenters. The Kier molecular flexibility index (Phi) is 5.29. The van der Waals surface area contributed by atoms with Crippen LogP contribution in [0.1, 0.15) is 13.3 Å². The molecule has 0 heterocycles. The lowest BCUT2D eigenvalue weighted by molar-refractivity contribution is 0.674. The first kappa shape index (κ1) is 13.5. The Hall–Kier alpha value is -0.540. The minimum Gasteiger partial charge on any atom is -0.397 e. The lowest BCUT2D eigenvalue weighted by atomic mass is 10.2. The van der Waals surface area contributed by atoms with E-state index in [1.165, 1.54) is 0 Å². The number of thioether (sulfide) groups is 1. The van der Waals surface area contributed by atoms with Crippen molar-refractivity contribution in [1.29, 1.82) is 0 Å². The standard InChI is InChI=1S/C12H19ClN2S/c1-4-10(8-16-3)15(2)12-7-9(13)5-6-11(12)14/h5-7,10H,4,8,14H2,1-3H3. The average molecular weight is 259 g/mol. The largest absolute Gasteiger partial charge is 0.397 e. The van der Waals surface area contributed by atoms with Crippen LogP contribution >= 0.6 is 23.4 Å². The van der Waals surface area contributed by atoms with E-state index in [2.05, 4.69) is 25.1 Å². The highest BCUT2D eigenvalue weighted by Crippen LogP contribution is 2.28. The molecule has 0 bridgehead atoms. The van der Waals surface area contributed by atoms with Crippen LogP contribution in [-0.4, -0.2) is 25.1 Å². The van der Waals surface area contributed by atoms with Crippen molar-refractivity contribution in [3.8, 4) is 0 Å². The molecule has 0 aromatic heterocycles. The second-order valence-corrected chi connectivity index (χ2v) is 5.18. The zero-order valence-electron chi connectivity index (χ0n) is 10.0. The topological polar surface area (TPSA) is 29.3 Å². The summed E-state index contributed by atoms with van der Waals surface area (Å²) in [6.07, 6.45) is 3.22. The molecule has 0 fully saturated rings. The molecule has 16 heavy (non-hydrogen) atoms. The third-order valence-corrected chi connectivity index (χ3v) is 3.70. The number of halogens is 1. The van der Waals surface area contributed by atoms with Gasteiger partial charge in [-0.2, -0.15) is 11.8 Å². The van der Waals surface area contributed by atoms with Gasteiger partial charge >= 0.3 is 0 Å². The predicted octanol–water partition coefficient (Wildman–Crippen LogP) is 3.50. The van der Waals surface area contributed by atoms with E-state index in [4.69, 9.17) is 17.3 Å². The van der Waals surface area contributed by atoms with Gasteiger partial charge in [-0.25, -0.2) is 0 Å². The summed E-state index contributed by atoms with van der Waals surface area (Å²) < 4.78 is 0. The van der Waals surface area contributed by atoms with Gasteiger partial charge < -0.3 is 10.6 Å². The minimum atomic E-state index is 0.496. The van der Waals surface area contributed by atoms with E-state index in [-0.39, 0.29) is 0 Å². The predicted molar refractivity (Wildman–Crippen MR) is 76.7 cm³/mol. The van der Waals surface area contributed by atoms with Crippen LogP contribution in [0.15, 0.2) is 18.2 Å². The first-order chi connectivity index (χ1) is 7.60. The molecular formula is C12H19ClN2S. The van der Waals surface area contributed by atoms with Crippen molar-refractivity contribution in [2.24, 2.45) is 0 Å². The van der Waals surface area contributed by atoms with Crippen molar-refractivity contribution in [2.75, 3.05) is 29.7 Å². The molecule has 0 amide bonds. The third kappa shape index (κ3) is 3.22. The SMILES string of the molecule is CCC(CSC)N(C)c1cc(Cl)ccc1N. The van der Waals surface area contributed by atoms with Crippen molar-refractivity contribution in [3.05, 3.63) is 23.2 Å². The highest BCUT2D eigenvalue weighted by molar-refractivity contribution is 7.98. The van der Waals surface area contributed by atoms with Gasteiger partial charge in [0.2, 0.25) is 0 Å². The van der Waals surface area contributed by atoms with E-state index in [9.17, 15) is 0 Å². The van der Waals surface area contributed by atoms with E-state index in [1.807, 2.05) is 30.0 Å². The fourth-order valence-electron chi connectivity index (χ4n) is 1.71. The van der Waals surface area contributed by atoms with E-state index >= 15 is 0 Å². The molecule has 2 N–H and O–H groups in total. The maximum atomic E-state index is 6.00. The van der Waals surface area contributed by atoms with Crippen LogP contribution < -0.4 is 10.6 Å². The molecule has 0 spiro atoms. The van der Waals surface area contributed by atoms with Crippen LogP contribution in [0.5, 0.6) is 0 Å². The smallest absolute Gasteiger partial charge is 0.0615 e. The summed E-state index contributed by atoms with van der Waals surface area (Å²) in [7, 11) is 2.08. The molecule has 1 unspecified atom stereocenters. The van der Waals surface area contributed by atoms with Gasteiger partial charge in [0.1, 0.15) is 0 Å². The monoisotopic (exact) mass is 258 g/mol. The fourth-order valence-corrected chi connectivity index (χ4v) is 2.73. The highest BCUT2D eigenvalue weighted by Gasteiger charge is 2.15. The van der Waals surface area contributed by atoms with Crippen molar-refractivity contribution < 1.29 is 0 Å². The van der Waals surface area contributed by atoms with Crippen molar-refractivity contribution in [1.82, 2.24) is 0 Å². The molecule has 0 radical (unpaired) electrons. The zero-order valence-corrected chi connectivity index (χ0v) is 11.6. The van der Waals surface area contributed by atoms with Crippen LogP contribution in [0.4, 0.5) is 11.4 Å². The Morgan fingerprint density at radius 1 is 1.50 bits per heavy atom. The normalized spacial score (nSPS) is 12.5. The lowest BCUT2D eigenvalue weighted by Crippen LogP contribution is -2.33. The van der Waals surface area contributed by atoms with Gasteiger partial charge in [-0.3, -0.25) is 0 Å². The molecule has 1 aromatic rings. The molecule has 0 aliphatic rings. The van der Waals surface area contributed by atoms with Crippen LogP contribution in [-0.2, 0) is 0 Å². The Labute approximate surface area is 107 Å². The zero-order chi connectivity index (χ0) is 12.1. The number of nitrogens with two attached hydrogens (primary N) is 1. The van der Waals surface area contributed by atoms with Crippen LogP contribution in [0.2, 0.25) is 5.02 Å². The number of anilines is 2. The summed E-state index contributed by atoms with van der Waals surface area (Å²) in [5.41, 5.74) is 7.78. The Balaban J connectivity index is 2.93. The summed E-state index contributed by atoms with van der Waals surface area (Å²) in [5.74, 6) is 1.10. The molecule has 0 saturated heterocycles. The van der Waals surface area contributed by atoms with Crippen molar-refractivity contribution in [2.45, 2.75) is 19.4 Å². The maximum absolute atomic E-state index is 6.00. The first-order valence-corrected chi connectivity index (χ1v) is 7.14. The maximum Gasteiger partial charge on any atom is 0.0615 e. The Morgan fingerprint density at radius 2 is 2.19 bits per heavy atom. The molecule has 0 aliphatic heterocycles. The molecule has 90 valence electrons. The number of hydrogen-bond donors (Lipinski definition) is 1. The van der Waals surface area contributed by atoms with Crippen LogP contribution in [0, 0.1) is 0 Å². The van der Waals surface area contributed by atoms with E-state index in [1.54, 1.807) is 0 Å². The molecule has 0 aliphatic carbocycles. The third-order valence-electron chi connectivity index (χ3n) is 2.75. The van der Waals surface area contributed by atoms with Crippen molar-refractivity contribution >= 4 is 34.7 Å². The molecular weight excluding hydrogens is 240 g/mol. The summed E-state index contributed by atoms with van der Waals surface area (Å²) in [4.78, 5) is 2.22. The first-order valence-electron chi connectivity index (χ1n) is 5.37. The van der Waals surface area contributed by atoms with Gasteiger partial charge in [0, 0.05) is 23.9 Å². The summed E-state index contributed by atoms with van der Waals surface area (Å²) in [5, 5.41) is 0.732. The van der Waals surface area contributed by atoms with Crippen LogP contribution in [0.25, 0.3) is 0 Å². The summed E-state index contributed by atoms with van der Waals surface area (Å²) in [6, 6.07) is 6.11. The fraction of sp³-hybridized carbons (Fsp3) is 0.500. The number of rotatable bonds is 5. The minimum absolute atomic E-state index is 0.496. The molecule has 2 nitrogen and oxygen atoms in total. The molecule has 1 aromatic carbocycles. The van der Waals surface area contributed by atoms with E-state index in [0.29, 0.717) is 6.04 Å².